The van der Waals surface area contributed by atoms with Crippen molar-refractivity contribution in [3.63, 3.8) is 0 Å². The number of halogens is 2. The minimum absolute atomic E-state index is 0.00747. The molecule has 2 aromatic carbocycles. The molecular weight excluding hydrogens is 461 g/mol. The predicted octanol–water partition coefficient (Wildman–Crippen LogP) is 5.45. The quantitative estimate of drug-likeness (QED) is 0.417. The third-order valence-corrected chi connectivity index (χ3v) is 5.81. The van der Waals surface area contributed by atoms with Crippen LogP contribution in [0.1, 0.15) is 61.6 Å². The van der Waals surface area contributed by atoms with Crippen LogP contribution in [0.4, 0.5) is 4.39 Å². The molecule has 0 aliphatic rings. The van der Waals surface area contributed by atoms with Crippen molar-refractivity contribution >= 4 is 28.5 Å². The molecule has 8 heteroatoms. The number of carboxylic acids is 1. The number of carbonyl (C=O) groups is 1. The molecule has 0 aliphatic carbocycles. The van der Waals surface area contributed by atoms with Gasteiger partial charge in [0.15, 0.2) is 0 Å². The second-order valence-corrected chi connectivity index (χ2v) is 9.50. The SMILES string of the molecule is CC(C)C[C@@H](CO)n1cc(C(=O)O)c(=O)c2cc(Cc3cccc(Cl)c3F)cc(OC(C)C)c21. The lowest BCUT2D eigenvalue weighted by molar-refractivity contribution is 0.0694. The number of hydrogen-bond donors (Lipinski definition) is 2. The van der Waals surface area contributed by atoms with Crippen molar-refractivity contribution < 1.29 is 24.1 Å². The van der Waals surface area contributed by atoms with Crippen LogP contribution in [0.3, 0.4) is 0 Å². The molecule has 182 valence electrons. The third kappa shape index (κ3) is 5.42. The number of carboxylic acid groups (broad SMARTS) is 1. The Labute approximate surface area is 202 Å². The number of hydrogen-bond acceptors (Lipinski definition) is 4. The first-order chi connectivity index (χ1) is 16.0. The molecule has 0 aliphatic heterocycles. The van der Waals surface area contributed by atoms with Crippen molar-refractivity contribution in [1.82, 2.24) is 4.57 Å². The fraction of sp³-hybridized carbons (Fsp3) is 0.385. The van der Waals surface area contributed by atoms with Crippen LogP contribution >= 0.6 is 11.6 Å². The summed E-state index contributed by atoms with van der Waals surface area (Å²) in [4.78, 5) is 25.1. The molecule has 0 radical (unpaired) electrons. The summed E-state index contributed by atoms with van der Waals surface area (Å²) >= 11 is 5.93. The highest BCUT2D eigenvalue weighted by atomic mass is 35.5. The van der Waals surface area contributed by atoms with Gasteiger partial charge in [-0.05, 0) is 55.5 Å². The van der Waals surface area contributed by atoms with Crippen LogP contribution in [-0.4, -0.2) is 33.5 Å². The average Bonchev–Trinajstić information content (AvgIpc) is 2.75. The molecule has 0 bridgehead atoms. The van der Waals surface area contributed by atoms with Crippen molar-refractivity contribution in [3.05, 3.63) is 74.3 Å². The molecule has 0 saturated carbocycles. The van der Waals surface area contributed by atoms with Gasteiger partial charge in [-0.15, -0.1) is 0 Å². The molecule has 0 amide bonds. The van der Waals surface area contributed by atoms with E-state index in [1.807, 2.05) is 27.7 Å². The van der Waals surface area contributed by atoms with Gasteiger partial charge in [0.05, 0.1) is 34.7 Å². The molecular formula is C26H29ClFNO5. The Morgan fingerprint density at radius 3 is 2.50 bits per heavy atom. The summed E-state index contributed by atoms with van der Waals surface area (Å²) in [6.45, 7) is 7.41. The van der Waals surface area contributed by atoms with Crippen molar-refractivity contribution in [1.29, 1.82) is 0 Å². The van der Waals surface area contributed by atoms with Gasteiger partial charge in [0, 0.05) is 12.6 Å². The van der Waals surface area contributed by atoms with Crippen LogP contribution in [0.15, 0.2) is 41.3 Å². The van der Waals surface area contributed by atoms with Gasteiger partial charge in [-0.2, -0.15) is 0 Å². The molecule has 3 rings (SSSR count). The first-order valence-electron chi connectivity index (χ1n) is 11.2. The Kier molecular flexibility index (Phi) is 8.00. The standard InChI is InChI=1S/C26H29ClFNO5/c1-14(2)8-18(13-30)29-12-20(26(32)33)25(31)19-10-16(11-22(24(19)29)34-15(3)4)9-17-6-5-7-21(27)23(17)28/h5-7,10-12,14-15,18,30H,8-9,13H2,1-4H3,(H,32,33)/t18-/m0/s1. The fourth-order valence-electron chi connectivity index (χ4n) is 4.12. The summed E-state index contributed by atoms with van der Waals surface area (Å²) in [5.41, 5.74) is 0.238. The van der Waals surface area contributed by atoms with Gasteiger partial charge in [0.2, 0.25) is 5.43 Å². The maximum Gasteiger partial charge on any atom is 0.341 e. The number of aromatic nitrogens is 1. The van der Waals surface area contributed by atoms with Gasteiger partial charge in [0.25, 0.3) is 0 Å². The lowest BCUT2D eigenvalue weighted by atomic mass is 9.99. The van der Waals surface area contributed by atoms with E-state index in [0.717, 1.165) is 0 Å². The van der Waals surface area contributed by atoms with Gasteiger partial charge in [-0.3, -0.25) is 4.79 Å². The van der Waals surface area contributed by atoms with E-state index in [0.29, 0.717) is 28.8 Å². The van der Waals surface area contributed by atoms with Crippen molar-refractivity contribution in [3.8, 4) is 5.75 Å². The van der Waals surface area contributed by atoms with Gasteiger partial charge in [0.1, 0.15) is 17.1 Å². The van der Waals surface area contributed by atoms with Crippen molar-refractivity contribution in [2.75, 3.05) is 6.61 Å². The number of aliphatic hydroxyl groups excluding tert-OH is 1. The number of rotatable bonds is 9. The Balaban J connectivity index is 2.35. The topological polar surface area (TPSA) is 88.8 Å². The predicted molar refractivity (Wildman–Crippen MR) is 131 cm³/mol. The van der Waals surface area contributed by atoms with Crippen LogP contribution in [0.5, 0.6) is 5.75 Å². The number of aliphatic hydroxyl groups is 1. The van der Waals surface area contributed by atoms with Crippen LogP contribution in [0.2, 0.25) is 5.02 Å². The van der Waals surface area contributed by atoms with Crippen molar-refractivity contribution in [2.24, 2.45) is 5.92 Å². The molecule has 3 aromatic rings. The summed E-state index contributed by atoms with van der Waals surface area (Å²) in [7, 11) is 0. The number of nitrogens with zero attached hydrogens (tertiary/aromatic N) is 1. The van der Waals surface area contributed by atoms with Crippen LogP contribution in [-0.2, 0) is 6.42 Å². The lowest BCUT2D eigenvalue weighted by Crippen LogP contribution is -2.24. The summed E-state index contributed by atoms with van der Waals surface area (Å²) < 4.78 is 22.2. The highest BCUT2D eigenvalue weighted by molar-refractivity contribution is 6.30. The summed E-state index contributed by atoms with van der Waals surface area (Å²) in [6, 6.07) is 7.52. The largest absolute Gasteiger partial charge is 0.489 e. The van der Waals surface area contributed by atoms with Gasteiger partial charge < -0.3 is 19.5 Å². The minimum atomic E-state index is -1.36. The minimum Gasteiger partial charge on any atom is -0.489 e. The second-order valence-electron chi connectivity index (χ2n) is 9.10. The average molecular weight is 490 g/mol. The highest BCUT2D eigenvalue weighted by Gasteiger charge is 2.23. The Bertz CT molecular complexity index is 1270. The monoisotopic (exact) mass is 489 g/mol. The molecule has 1 heterocycles. The zero-order valence-electron chi connectivity index (χ0n) is 19.6. The molecule has 2 N–H and O–H groups in total. The summed E-state index contributed by atoms with van der Waals surface area (Å²) in [5.74, 6) is -1.34. The number of ether oxygens (including phenoxy) is 1. The number of pyridine rings is 1. The Hall–Kier alpha value is -2.90. The van der Waals surface area contributed by atoms with Gasteiger partial charge in [-0.25, -0.2) is 9.18 Å². The van der Waals surface area contributed by atoms with E-state index >= 15 is 0 Å². The number of aromatic carboxylic acids is 1. The van der Waals surface area contributed by atoms with E-state index in [9.17, 15) is 24.2 Å². The smallest absolute Gasteiger partial charge is 0.341 e. The number of benzene rings is 2. The van der Waals surface area contributed by atoms with E-state index in [2.05, 4.69) is 0 Å². The normalized spacial score (nSPS) is 12.5. The van der Waals surface area contributed by atoms with E-state index in [4.69, 9.17) is 16.3 Å². The fourth-order valence-corrected chi connectivity index (χ4v) is 4.32. The van der Waals surface area contributed by atoms with Crippen molar-refractivity contribution in [2.45, 2.75) is 52.7 Å². The second kappa shape index (κ2) is 10.6. The van der Waals surface area contributed by atoms with Crippen LogP contribution in [0, 0.1) is 11.7 Å². The lowest BCUT2D eigenvalue weighted by Gasteiger charge is -2.25. The molecule has 1 atom stereocenters. The zero-order valence-corrected chi connectivity index (χ0v) is 20.4. The molecule has 0 saturated heterocycles. The van der Waals surface area contributed by atoms with Gasteiger partial charge in [-0.1, -0.05) is 37.6 Å². The van der Waals surface area contributed by atoms with E-state index in [1.54, 1.807) is 28.8 Å². The van der Waals surface area contributed by atoms with Crippen LogP contribution < -0.4 is 10.2 Å². The summed E-state index contributed by atoms with van der Waals surface area (Å²) in [5, 5.41) is 20.0. The molecule has 34 heavy (non-hydrogen) atoms. The molecule has 0 fully saturated rings. The molecule has 0 spiro atoms. The molecule has 0 unspecified atom stereocenters. The first kappa shape index (κ1) is 25.7. The maximum absolute atomic E-state index is 14.6. The first-order valence-corrected chi connectivity index (χ1v) is 11.6. The third-order valence-electron chi connectivity index (χ3n) is 5.52. The van der Waals surface area contributed by atoms with E-state index in [-0.39, 0.29) is 35.5 Å². The zero-order chi connectivity index (χ0) is 25.2. The highest BCUT2D eigenvalue weighted by Crippen LogP contribution is 2.33. The maximum atomic E-state index is 14.6. The molecule has 6 nitrogen and oxygen atoms in total. The number of fused-ring (bicyclic) bond motifs is 1. The molecule has 1 aromatic heterocycles. The Morgan fingerprint density at radius 2 is 1.91 bits per heavy atom. The Morgan fingerprint density at radius 1 is 1.21 bits per heavy atom. The van der Waals surface area contributed by atoms with E-state index < -0.39 is 28.8 Å². The van der Waals surface area contributed by atoms with E-state index in [1.165, 1.54) is 12.3 Å². The van der Waals surface area contributed by atoms with Gasteiger partial charge >= 0.3 is 5.97 Å². The summed E-state index contributed by atoms with van der Waals surface area (Å²) in [6.07, 6.45) is 1.72. The van der Waals surface area contributed by atoms with Crippen LogP contribution in [0.25, 0.3) is 10.9 Å².